The minimum absolute atomic E-state index is 0.0174. The fourth-order valence-electron chi connectivity index (χ4n) is 1.35. The second kappa shape index (κ2) is 3.55. The van der Waals surface area contributed by atoms with Gasteiger partial charge in [0.05, 0.1) is 6.42 Å². The van der Waals surface area contributed by atoms with Gasteiger partial charge >= 0.3 is 6.09 Å². The summed E-state index contributed by atoms with van der Waals surface area (Å²) in [5.74, 6) is -1.07. The Morgan fingerprint density at radius 2 is 2.23 bits per heavy atom. The fourth-order valence-corrected chi connectivity index (χ4v) is 1.35. The second-order valence-electron chi connectivity index (χ2n) is 3.04. The Morgan fingerprint density at radius 3 is 2.69 bits per heavy atom. The van der Waals surface area contributed by atoms with Crippen LogP contribution in [0.2, 0.25) is 0 Å². The molecule has 1 fully saturated rings. The Kier molecular flexibility index (Phi) is 2.65. The molecule has 1 unspecified atom stereocenters. The first-order valence-corrected chi connectivity index (χ1v) is 4.12. The smallest absolute Gasteiger partial charge is 0.414 e. The average molecular weight is 185 g/mol. The van der Waals surface area contributed by atoms with Crippen molar-refractivity contribution in [3.63, 3.8) is 0 Å². The first kappa shape index (κ1) is 9.70. The number of imide groups is 1. The molecule has 1 aliphatic rings. The first-order valence-electron chi connectivity index (χ1n) is 4.12. The highest BCUT2D eigenvalue weighted by Gasteiger charge is 2.34. The maximum absolute atomic E-state index is 11.2. The molecule has 0 aromatic rings. The lowest BCUT2D eigenvalue weighted by molar-refractivity contribution is -0.140. The Morgan fingerprint density at radius 1 is 1.62 bits per heavy atom. The molecule has 0 radical (unpaired) electrons. The van der Waals surface area contributed by atoms with Gasteiger partial charge in [-0.3, -0.25) is 9.59 Å². The maximum atomic E-state index is 11.2. The quantitative estimate of drug-likeness (QED) is 0.603. The van der Waals surface area contributed by atoms with Gasteiger partial charge in [-0.2, -0.15) is 0 Å². The van der Waals surface area contributed by atoms with E-state index in [0.717, 1.165) is 4.90 Å². The number of piperidine rings is 1. The van der Waals surface area contributed by atoms with Crippen molar-refractivity contribution in [1.29, 1.82) is 0 Å². The third-order valence-electron chi connectivity index (χ3n) is 2.21. The van der Waals surface area contributed by atoms with Gasteiger partial charge in [-0.15, -0.1) is 0 Å². The molecular weight excluding hydrogens is 174 g/mol. The normalized spacial score (nSPS) is 23.5. The summed E-state index contributed by atoms with van der Waals surface area (Å²) in [5.41, 5.74) is 0. The number of hydrogen-bond acceptors (Lipinski definition) is 3. The van der Waals surface area contributed by atoms with Gasteiger partial charge in [-0.25, -0.2) is 9.69 Å². The Hall–Kier alpha value is -1.39. The Balaban J connectivity index is 2.75. The molecule has 2 amide bonds. The average Bonchev–Trinajstić information content (AvgIpc) is 2.03. The van der Waals surface area contributed by atoms with Gasteiger partial charge in [0, 0.05) is 12.5 Å². The van der Waals surface area contributed by atoms with Crippen molar-refractivity contribution >= 4 is 17.8 Å². The lowest BCUT2D eigenvalue weighted by Gasteiger charge is -2.27. The Bertz CT molecular complexity index is 261. The molecule has 0 bridgehead atoms. The number of hydrogen-bond donors (Lipinski definition) is 1. The topological polar surface area (TPSA) is 74.7 Å². The summed E-state index contributed by atoms with van der Waals surface area (Å²) in [4.78, 5) is 33.4. The molecule has 0 aliphatic carbocycles. The maximum Gasteiger partial charge on any atom is 0.414 e. The van der Waals surface area contributed by atoms with Crippen molar-refractivity contribution in [2.75, 3.05) is 6.54 Å². The summed E-state index contributed by atoms with van der Waals surface area (Å²) in [7, 11) is 0. The van der Waals surface area contributed by atoms with Crippen molar-refractivity contribution in [2.24, 2.45) is 5.92 Å². The van der Waals surface area contributed by atoms with Crippen molar-refractivity contribution in [3.8, 4) is 0 Å². The van der Waals surface area contributed by atoms with E-state index in [1.165, 1.54) is 0 Å². The monoisotopic (exact) mass is 185 g/mol. The van der Waals surface area contributed by atoms with Crippen molar-refractivity contribution in [2.45, 2.75) is 19.8 Å². The molecule has 0 aromatic heterocycles. The molecule has 1 atom stereocenters. The van der Waals surface area contributed by atoms with E-state index in [1.807, 2.05) is 0 Å². The van der Waals surface area contributed by atoms with Gasteiger partial charge in [0.15, 0.2) is 0 Å². The van der Waals surface area contributed by atoms with Crippen LogP contribution in [0.15, 0.2) is 0 Å². The zero-order valence-electron chi connectivity index (χ0n) is 7.32. The molecule has 1 heterocycles. The van der Waals surface area contributed by atoms with Crippen molar-refractivity contribution in [3.05, 3.63) is 0 Å². The number of amides is 2. The molecule has 1 saturated heterocycles. The van der Waals surface area contributed by atoms with Gasteiger partial charge in [0.1, 0.15) is 5.78 Å². The van der Waals surface area contributed by atoms with Crippen LogP contribution < -0.4 is 0 Å². The largest absolute Gasteiger partial charge is 0.465 e. The summed E-state index contributed by atoms with van der Waals surface area (Å²) in [6.45, 7) is 1.82. The van der Waals surface area contributed by atoms with Gasteiger partial charge in [-0.1, -0.05) is 6.92 Å². The van der Waals surface area contributed by atoms with Crippen LogP contribution in [0.5, 0.6) is 0 Å². The van der Waals surface area contributed by atoms with E-state index < -0.39 is 12.0 Å². The second-order valence-corrected chi connectivity index (χ2v) is 3.04. The lowest BCUT2D eigenvalue weighted by atomic mass is 9.94. The molecule has 5 nitrogen and oxygen atoms in total. The summed E-state index contributed by atoms with van der Waals surface area (Å²) >= 11 is 0. The highest BCUT2D eigenvalue weighted by molar-refractivity contribution is 6.06. The van der Waals surface area contributed by atoms with E-state index in [-0.39, 0.29) is 24.7 Å². The molecular formula is C8H11NO4. The minimum Gasteiger partial charge on any atom is -0.465 e. The summed E-state index contributed by atoms with van der Waals surface area (Å²) in [6.07, 6.45) is -0.961. The third kappa shape index (κ3) is 1.85. The fraction of sp³-hybridized carbons (Fsp3) is 0.625. The predicted octanol–water partition coefficient (Wildman–Crippen LogP) is 0.492. The van der Waals surface area contributed by atoms with Gasteiger partial charge in [-0.05, 0) is 6.42 Å². The molecule has 72 valence electrons. The lowest BCUT2D eigenvalue weighted by Crippen LogP contribution is -2.47. The van der Waals surface area contributed by atoms with Crippen LogP contribution in [0, 0.1) is 5.92 Å². The van der Waals surface area contributed by atoms with Crippen molar-refractivity contribution < 1.29 is 19.5 Å². The number of carboxylic acid groups (broad SMARTS) is 1. The standard InChI is InChI=1S/C8H11NO4/c1-2-5-4-9(8(12)13)7(11)3-6(5)10/h5H,2-4H2,1H3,(H,12,13). The summed E-state index contributed by atoms with van der Waals surface area (Å²) < 4.78 is 0. The zero-order valence-corrected chi connectivity index (χ0v) is 7.32. The highest BCUT2D eigenvalue weighted by Crippen LogP contribution is 2.16. The van der Waals surface area contributed by atoms with E-state index in [2.05, 4.69) is 0 Å². The van der Waals surface area contributed by atoms with Gasteiger partial charge < -0.3 is 5.11 Å². The number of likely N-dealkylation sites (tertiary alicyclic amines) is 1. The molecule has 1 rings (SSSR count). The zero-order chi connectivity index (χ0) is 10.0. The van der Waals surface area contributed by atoms with Crippen LogP contribution in [0.1, 0.15) is 19.8 Å². The van der Waals surface area contributed by atoms with E-state index in [0.29, 0.717) is 6.42 Å². The van der Waals surface area contributed by atoms with Crippen molar-refractivity contribution in [1.82, 2.24) is 4.90 Å². The molecule has 0 spiro atoms. The Labute approximate surface area is 75.3 Å². The van der Waals surface area contributed by atoms with Crippen LogP contribution in [0.4, 0.5) is 4.79 Å². The van der Waals surface area contributed by atoms with Gasteiger partial charge in [0.25, 0.3) is 0 Å². The molecule has 1 aliphatic heterocycles. The first-order chi connectivity index (χ1) is 6.06. The van der Waals surface area contributed by atoms with Crippen LogP contribution in [-0.4, -0.2) is 34.3 Å². The summed E-state index contributed by atoms with van der Waals surface area (Å²) in [6, 6.07) is 0. The van der Waals surface area contributed by atoms with Crippen LogP contribution in [-0.2, 0) is 9.59 Å². The van der Waals surface area contributed by atoms with E-state index >= 15 is 0 Å². The molecule has 5 heteroatoms. The molecule has 0 aromatic carbocycles. The molecule has 0 saturated carbocycles. The van der Waals surface area contributed by atoms with Gasteiger partial charge in [0.2, 0.25) is 5.91 Å². The van der Waals surface area contributed by atoms with Crippen LogP contribution in [0.3, 0.4) is 0 Å². The minimum atomic E-state index is -1.27. The number of carbonyl (C=O) groups is 3. The van der Waals surface area contributed by atoms with Crippen LogP contribution >= 0.6 is 0 Å². The van der Waals surface area contributed by atoms with E-state index in [1.54, 1.807) is 6.92 Å². The highest BCUT2D eigenvalue weighted by atomic mass is 16.4. The predicted molar refractivity (Wildman–Crippen MR) is 43.1 cm³/mol. The number of nitrogens with zero attached hydrogens (tertiary/aromatic N) is 1. The number of ketones is 1. The number of Topliss-reactive ketones (excluding diaryl/α,β-unsaturated/α-hetero) is 1. The third-order valence-corrected chi connectivity index (χ3v) is 2.21. The summed E-state index contributed by atoms with van der Waals surface area (Å²) in [5, 5.41) is 8.60. The van der Waals surface area contributed by atoms with Crippen LogP contribution in [0.25, 0.3) is 0 Å². The van der Waals surface area contributed by atoms with E-state index in [9.17, 15) is 14.4 Å². The number of carbonyl (C=O) groups excluding carboxylic acids is 2. The molecule has 13 heavy (non-hydrogen) atoms. The SMILES string of the molecule is CCC1CN(C(=O)O)C(=O)CC1=O. The van der Waals surface area contributed by atoms with E-state index in [4.69, 9.17) is 5.11 Å². The number of rotatable bonds is 1. The molecule has 1 N–H and O–H groups in total.